The molecule has 0 bridgehead atoms. The monoisotopic (exact) mass is 450 g/mol. The molecule has 1 atom stereocenters. The van der Waals surface area contributed by atoms with Crippen LogP contribution in [0.5, 0.6) is 5.75 Å². The minimum Gasteiger partial charge on any atom is -0.494 e. The number of nitrogens with one attached hydrogen (secondary N) is 1. The molecule has 0 aliphatic heterocycles. The number of rotatable bonds is 11. The Kier molecular flexibility index (Phi) is 9.35. The third kappa shape index (κ3) is 7.34. The molecule has 33 heavy (non-hydrogen) atoms. The first-order valence-electron chi connectivity index (χ1n) is 12.3. The van der Waals surface area contributed by atoms with E-state index in [0.717, 1.165) is 42.6 Å². The van der Waals surface area contributed by atoms with Crippen molar-refractivity contribution in [2.24, 2.45) is 0 Å². The van der Waals surface area contributed by atoms with Crippen LogP contribution in [0.4, 0.5) is 0 Å². The predicted octanol–water partition coefficient (Wildman–Crippen LogP) is 5.33. The maximum Gasteiger partial charge on any atom is 0.243 e. The first-order chi connectivity index (χ1) is 16.0. The number of nitrogens with zero attached hydrogens (tertiary/aromatic N) is 1. The number of hydrogen-bond acceptors (Lipinski definition) is 3. The van der Waals surface area contributed by atoms with Gasteiger partial charge in [0.05, 0.1) is 6.61 Å². The first kappa shape index (κ1) is 24.8. The summed E-state index contributed by atoms with van der Waals surface area (Å²) >= 11 is 0. The van der Waals surface area contributed by atoms with Crippen LogP contribution in [0, 0.1) is 13.8 Å². The minimum atomic E-state index is -0.462. The van der Waals surface area contributed by atoms with Gasteiger partial charge in [-0.15, -0.1) is 0 Å². The van der Waals surface area contributed by atoms with E-state index in [-0.39, 0.29) is 17.9 Å². The van der Waals surface area contributed by atoms with Crippen LogP contribution in [0.25, 0.3) is 0 Å². The summed E-state index contributed by atoms with van der Waals surface area (Å²) in [5, 5.41) is 3.20. The summed E-state index contributed by atoms with van der Waals surface area (Å²) in [6, 6.07) is 15.8. The number of ether oxygens (including phenoxy) is 1. The molecule has 5 heteroatoms. The van der Waals surface area contributed by atoms with Gasteiger partial charge in [-0.2, -0.15) is 0 Å². The van der Waals surface area contributed by atoms with Gasteiger partial charge in [0.15, 0.2) is 0 Å². The van der Waals surface area contributed by atoms with Crippen molar-refractivity contribution in [3.05, 3.63) is 65.2 Å². The summed E-state index contributed by atoms with van der Waals surface area (Å²) < 4.78 is 5.80. The molecule has 0 heterocycles. The van der Waals surface area contributed by atoms with E-state index in [4.69, 9.17) is 4.74 Å². The Bertz CT molecular complexity index is 904. The second-order valence-corrected chi connectivity index (χ2v) is 9.13. The fraction of sp³-hybridized carbons (Fsp3) is 0.500. The Morgan fingerprint density at radius 2 is 1.76 bits per heavy atom. The third-order valence-electron chi connectivity index (χ3n) is 6.51. The summed E-state index contributed by atoms with van der Waals surface area (Å²) in [4.78, 5) is 28.3. The molecule has 2 aromatic carbocycles. The van der Waals surface area contributed by atoms with Crippen LogP contribution >= 0.6 is 0 Å². The van der Waals surface area contributed by atoms with Crippen LogP contribution in [0.15, 0.2) is 48.5 Å². The van der Waals surface area contributed by atoms with Crippen molar-refractivity contribution < 1.29 is 14.3 Å². The summed E-state index contributed by atoms with van der Waals surface area (Å²) in [6.45, 7) is 6.99. The van der Waals surface area contributed by atoms with Gasteiger partial charge in [-0.25, -0.2) is 0 Å². The van der Waals surface area contributed by atoms with E-state index in [9.17, 15) is 9.59 Å². The summed E-state index contributed by atoms with van der Waals surface area (Å²) in [6.07, 6.45) is 5.94. The summed E-state index contributed by atoms with van der Waals surface area (Å²) in [5.74, 6) is 0.786. The molecular weight excluding hydrogens is 412 g/mol. The van der Waals surface area contributed by atoms with Gasteiger partial charge < -0.3 is 15.0 Å². The third-order valence-corrected chi connectivity index (χ3v) is 6.51. The largest absolute Gasteiger partial charge is 0.494 e. The molecule has 0 spiro atoms. The molecule has 0 radical (unpaired) electrons. The zero-order valence-electron chi connectivity index (χ0n) is 20.3. The lowest BCUT2D eigenvalue weighted by Gasteiger charge is -2.32. The number of carbonyl (C=O) groups excluding carboxylic acids is 2. The standard InChI is InChI=1S/C28H38N2O3/c1-4-26(28(32)29-24-12-7-8-13-24)30(20-23-11-6-5-10-22(23)3)27(31)14-9-19-33-25-17-15-21(2)16-18-25/h5-6,10-11,15-18,24,26H,4,7-9,12-14,19-20H2,1-3H3,(H,29,32)/t26-/m0/s1. The van der Waals surface area contributed by atoms with E-state index >= 15 is 0 Å². The van der Waals surface area contributed by atoms with E-state index in [1.165, 1.54) is 5.56 Å². The van der Waals surface area contributed by atoms with Gasteiger partial charge in [0.1, 0.15) is 11.8 Å². The molecule has 3 rings (SSSR count). The first-order valence-corrected chi connectivity index (χ1v) is 12.3. The second kappa shape index (κ2) is 12.4. The highest BCUT2D eigenvalue weighted by Crippen LogP contribution is 2.21. The fourth-order valence-corrected chi connectivity index (χ4v) is 4.45. The number of hydrogen-bond donors (Lipinski definition) is 1. The van der Waals surface area contributed by atoms with E-state index in [0.29, 0.717) is 32.4 Å². The van der Waals surface area contributed by atoms with Gasteiger partial charge in [-0.3, -0.25) is 9.59 Å². The molecule has 1 fully saturated rings. The smallest absolute Gasteiger partial charge is 0.243 e. The summed E-state index contributed by atoms with van der Waals surface area (Å²) in [7, 11) is 0. The van der Waals surface area contributed by atoms with Gasteiger partial charge in [0.2, 0.25) is 11.8 Å². The molecule has 0 aromatic heterocycles. The zero-order chi connectivity index (χ0) is 23.6. The van der Waals surface area contributed by atoms with Crippen LogP contribution in [0.2, 0.25) is 0 Å². The van der Waals surface area contributed by atoms with Crippen LogP contribution in [-0.2, 0) is 16.1 Å². The molecule has 0 unspecified atom stereocenters. The number of carbonyl (C=O) groups is 2. The summed E-state index contributed by atoms with van der Waals surface area (Å²) in [5.41, 5.74) is 3.39. The second-order valence-electron chi connectivity index (χ2n) is 9.13. The van der Waals surface area contributed by atoms with E-state index in [1.807, 2.05) is 69.3 Å². The highest BCUT2D eigenvalue weighted by Gasteiger charge is 2.30. The quantitative estimate of drug-likeness (QED) is 0.471. The molecule has 2 amide bonds. The molecule has 0 saturated heterocycles. The Morgan fingerprint density at radius 1 is 1.06 bits per heavy atom. The van der Waals surface area contributed by atoms with Gasteiger partial charge in [-0.1, -0.05) is 61.7 Å². The molecule has 1 N–H and O–H groups in total. The van der Waals surface area contributed by atoms with Crippen molar-refractivity contribution in [2.75, 3.05) is 6.61 Å². The van der Waals surface area contributed by atoms with Gasteiger partial charge >= 0.3 is 0 Å². The maximum atomic E-state index is 13.3. The van der Waals surface area contributed by atoms with Crippen molar-refractivity contribution in [3.8, 4) is 5.75 Å². The zero-order valence-corrected chi connectivity index (χ0v) is 20.3. The number of aryl methyl sites for hydroxylation is 2. The Morgan fingerprint density at radius 3 is 2.42 bits per heavy atom. The molecule has 178 valence electrons. The predicted molar refractivity (Wildman–Crippen MR) is 132 cm³/mol. The van der Waals surface area contributed by atoms with E-state index < -0.39 is 6.04 Å². The Balaban J connectivity index is 1.65. The molecule has 5 nitrogen and oxygen atoms in total. The van der Waals surface area contributed by atoms with Gasteiger partial charge in [-0.05, 0) is 62.8 Å². The van der Waals surface area contributed by atoms with Crippen LogP contribution < -0.4 is 10.1 Å². The van der Waals surface area contributed by atoms with Crippen molar-refractivity contribution in [1.29, 1.82) is 0 Å². The van der Waals surface area contributed by atoms with Crippen LogP contribution in [0.3, 0.4) is 0 Å². The van der Waals surface area contributed by atoms with Crippen molar-refractivity contribution in [3.63, 3.8) is 0 Å². The molecule has 1 aliphatic carbocycles. The highest BCUT2D eigenvalue weighted by atomic mass is 16.5. The topological polar surface area (TPSA) is 58.6 Å². The van der Waals surface area contributed by atoms with Gasteiger partial charge in [0.25, 0.3) is 0 Å². The lowest BCUT2D eigenvalue weighted by Crippen LogP contribution is -2.51. The molecule has 1 saturated carbocycles. The fourth-order valence-electron chi connectivity index (χ4n) is 4.45. The molecular formula is C28H38N2O3. The maximum absolute atomic E-state index is 13.3. The lowest BCUT2D eigenvalue weighted by atomic mass is 10.0. The average molecular weight is 451 g/mol. The SMILES string of the molecule is CC[C@@H](C(=O)NC1CCCC1)N(Cc1ccccc1C)C(=O)CCCOc1ccc(C)cc1. The van der Waals surface area contributed by atoms with Crippen molar-refractivity contribution in [1.82, 2.24) is 10.2 Å². The molecule has 1 aliphatic rings. The Hall–Kier alpha value is -2.82. The molecule has 2 aromatic rings. The highest BCUT2D eigenvalue weighted by molar-refractivity contribution is 5.87. The van der Waals surface area contributed by atoms with Crippen molar-refractivity contribution in [2.45, 2.75) is 84.3 Å². The Labute approximate surface area is 198 Å². The van der Waals surface area contributed by atoms with E-state index in [1.54, 1.807) is 4.90 Å². The van der Waals surface area contributed by atoms with Crippen molar-refractivity contribution >= 4 is 11.8 Å². The van der Waals surface area contributed by atoms with Crippen LogP contribution in [-0.4, -0.2) is 35.4 Å². The van der Waals surface area contributed by atoms with Crippen LogP contribution in [0.1, 0.15) is 68.6 Å². The minimum absolute atomic E-state index is 0.000758. The van der Waals surface area contributed by atoms with Gasteiger partial charge in [0, 0.05) is 19.0 Å². The average Bonchev–Trinajstić information content (AvgIpc) is 3.32. The number of amides is 2. The normalized spacial score (nSPS) is 14.6. The lowest BCUT2D eigenvalue weighted by molar-refractivity contribution is -0.141. The van der Waals surface area contributed by atoms with E-state index in [2.05, 4.69) is 5.32 Å². The number of benzene rings is 2.